The predicted octanol–water partition coefficient (Wildman–Crippen LogP) is 2.74. The highest BCUT2D eigenvalue weighted by Gasteiger charge is 2.18. The smallest absolute Gasteiger partial charge is 0.227 e. The van der Waals surface area contributed by atoms with Crippen LogP contribution in [0.2, 0.25) is 0 Å². The molecule has 0 aliphatic heterocycles. The molecule has 1 aromatic carbocycles. The van der Waals surface area contributed by atoms with Crippen LogP contribution in [0.15, 0.2) is 36.5 Å². The van der Waals surface area contributed by atoms with Gasteiger partial charge in [0.05, 0.1) is 11.8 Å². The van der Waals surface area contributed by atoms with Crippen molar-refractivity contribution in [1.82, 2.24) is 19.6 Å². The van der Waals surface area contributed by atoms with E-state index in [0.717, 1.165) is 25.1 Å². The summed E-state index contributed by atoms with van der Waals surface area (Å²) >= 11 is 0. The Labute approximate surface area is 134 Å². The number of nitrogens with zero attached hydrogens (tertiary/aromatic N) is 4. The van der Waals surface area contributed by atoms with Crippen LogP contribution in [-0.4, -0.2) is 32.4 Å². The number of aryl methyl sites for hydroxylation is 1. The number of rotatable bonds is 6. The number of hydrogen-bond acceptors (Lipinski definition) is 5. The first-order valence-corrected chi connectivity index (χ1v) is 7.76. The number of carbonyl (C=O) groups excluding carboxylic acids is 1. The second-order valence-corrected chi connectivity index (χ2v) is 5.31. The molecule has 0 saturated carbocycles. The maximum atomic E-state index is 12.7. The summed E-state index contributed by atoms with van der Waals surface area (Å²) in [6, 6.07) is 9.17. The van der Waals surface area contributed by atoms with Crippen LogP contribution in [0.5, 0.6) is 0 Å². The number of anilines is 1. The standard InChI is InChI=1S/C17H19N5O/c1-3-4-10-14-20-16-13(11-19-22(16)17(18-2)21-14)15(23)12-8-6-5-7-9-12/h5-9,11H,3-4,10H2,1-2H3,(H,18,20,21). The molecule has 0 amide bonds. The molecular formula is C17H19N5O. The molecule has 0 fully saturated rings. The fourth-order valence-corrected chi connectivity index (χ4v) is 2.44. The van der Waals surface area contributed by atoms with Crippen molar-refractivity contribution in [2.45, 2.75) is 26.2 Å². The van der Waals surface area contributed by atoms with E-state index in [1.165, 1.54) is 0 Å². The van der Waals surface area contributed by atoms with Crippen LogP contribution >= 0.6 is 0 Å². The van der Waals surface area contributed by atoms with Gasteiger partial charge in [0.1, 0.15) is 5.82 Å². The minimum atomic E-state index is -0.0807. The third kappa shape index (κ3) is 2.92. The Bertz CT molecular complexity index is 826. The van der Waals surface area contributed by atoms with Crippen LogP contribution in [0.3, 0.4) is 0 Å². The van der Waals surface area contributed by atoms with Crippen molar-refractivity contribution in [2.75, 3.05) is 12.4 Å². The van der Waals surface area contributed by atoms with Crippen LogP contribution in [-0.2, 0) is 6.42 Å². The molecule has 6 nitrogen and oxygen atoms in total. The number of aromatic nitrogens is 4. The number of nitrogens with one attached hydrogen (secondary N) is 1. The second-order valence-electron chi connectivity index (χ2n) is 5.31. The van der Waals surface area contributed by atoms with Crippen LogP contribution < -0.4 is 5.32 Å². The molecule has 0 aliphatic carbocycles. The van der Waals surface area contributed by atoms with Gasteiger partial charge in [0.15, 0.2) is 11.4 Å². The molecule has 0 bridgehead atoms. The first-order valence-electron chi connectivity index (χ1n) is 7.76. The van der Waals surface area contributed by atoms with E-state index in [9.17, 15) is 4.79 Å². The molecule has 0 radical (unpaired) electrons. The van der Waals surface area contributed by atoms with Crippen LogP contribution in [0.4, 0.5) is 5.95 Å². The first-order chi connectivity index (χ1) is 11.2. The lowest BCUT2D eigenvalue weighted by Crippen LogP contribution is -2.09. The Morgan fingerprint density at radius 3 is 2.70 bits per heavy atom. The Kier molecular flexibility index (Phi) is 4.32. The Morgan fingerprint density at radius 2 is 2.00 bits per heavy atom. The van der Waals surface area contributed by atoms with Gasteiger partial charge in [0.2, 0.25) is 5.95 Å². The summed E-state index contributed by atoms with van der Waals surface area (Å²) in [7, 11) is 1.78. The number of fused-ring (bicyclic) bond motifs is 1. The molecule has 118 valence electrons. The van der Waals surface area contributed by atoms with Crippen molar-refractivity contribution in [3.8, 4) is 0 Å². The first kappa shape index (κ1) is 15.1. The SMILES string of the molecule is CCCCc1nc(NC)n2ncc(C(=O)c3ccccc3)c2n1. The third-order valence-corrected chi connectivity index (χ3v) is 3.67. The topological polar surface area (TPSA) is 72.2 Å². The fourth-order valence-electron chi connectivity index (χ4n) is 2.44. The molecule has 23 heavy (non-hydrogen) atoms. The van der Waals surface area contributed by atoms with Gasteiger partial charge in [-0.1, -0.05) is 43.7 Å². The molecule has 0 unspecified atom stereocenters. The highest BCUT2D eigenvalue weighted by molar-refractivity contribution is 6.12. The Morgan fingerprint density at radius 1 is 1.22 bits per heavy atom. The summed E-state index contributed by atoms with van der Waals surface area (Å²) in [5, 5.41) is 7.28. The molecule has 0 spiro atoms. The summed E-state index contributed by atoms with van der Waals surface area (Å²) in [4.78, 5) is 21.7. The summed E-state index contributed by atoms with van der Waals surface area (Å²) < 4.78 is 1.58. The number of carbonyl (C=O) groups is 1. The van der Waals surface area contributed by atoms with Gasteiger partial charge in [-0.25, -0.2) is 4.98 Å². The second kappa shape index (κ2) is 6.56. The zero-order valence-corrected chi connectivity index (χ0v) is 13.3. The lowest BCUT2D eigenvalue weighted by Gasteiger charge is -2.06. The predicted molar refractivity (Wildman–Crippen MR) is 88.8 cm³/mol. The molecule has 6 heteroatoms. The zero-order valence-electron chi connectivity index (χ0n) is 13.3. The van der Waals surface area contributed by atoms with E-state index < -0.39 is 0 Å². The van der Waals surface area contributed by atoms with E-state index in [2.05, 4.69) is 27.3 Å². The van der Waals surface area contributed by atoms with Gasteiger partial charge in [-0.3, -0.25) is 4.79 Å². The zero-order chi connectivity index (χ0) is 16.2. The molecular weight excluding hydrogens is 290 g/mol. The van der Waals surface area contributed by atoms with E-state index in [1.807, 2.05) is 18.2 Å². The summed E-state index contributed by atoms with van der Waals surface area (Å²) in [6.45, 7) is 2.13. The number of benzene rings is 1. The summed E-state index contributed by atoms with van der Waals surface area (Å²) in [6.07, 6.45) is 4.42. The van der Waals surface area contributed by atoms with Crippen LogP contribution in [0, 0.1) is 0 Å². The lowest BCUT2D eigenvalue weighted by molar-refractivity contribution is 0.104. The Balaban J connectivity index is 2.09. The van der Waals surface area contributed by atoms with E-state index in [1.54, 1.807) is 29.9 Å². The number of hydrogen-bond donors (Lipinski definition) is 1. The highest BCUT2D eigenvalue weighted by Crippen LogP contribution is 2.17. The van der Waals surface area contributed by atoms with Gasteiger partial charge in [-0.2, -0.15) is 14.6 Å². The lowest BCUT2D eigenvalue weighted by atomic mass is 10.1. The van der Waals surface area contributed by atoms with Gasteiger partial charge in [-0.05, 0) is 6.42 Å². The quantitative estimate of drug-likeness (QED) is 0.709. The van der Waals surface area contributed by atoms with Gasteiger partial charge < -0.3 is 5.32 Å². The minimum Gasteiger partial charge on any atom is -0.357 e. The molecule has 3 aromatic rings. The number of ketones is 1. The maximum absolute atomic E-state index is 12.7. The average molecular weight is 309 g/mol. The summed E-state index contributed by atoms with van der Waals surface area (Å²) in [5.41, 5.74) is 1.67. The molecule has 1 N–H and O–H groups in total. The van der Waals surface area contributed by atoms with Crippen molar-refractivity contribution in [3.63, 3.8) is 0 Å². The van der Waals surface area contributed by atoms with Crippen molar-refractivity contribution < 1.29 is 4.79 Å². The van der Waals surface area contributed by atoms with E-state index in [4.69, 9.17) is 0 Å². The van der Waals surface area contributed by atoms with Crippen LogP contribution in [0.25, 0.3) is 5.65 Å². The molecule has 2 aromatic heterocycles. The van der Waals surface area contributed by atoms with Gasteiger partial charge >= 0.3 is 0 Å². The Hall–Kier alpha value is -2.76. The van der Waals surface area contributed by atoms with Gasteiger partial charge in [0.25, 0.3) is 0 Å². The molecule has 0 saturated heterocycles. The van der Waals surface area contributed by atoms with E-state index in [-0.39, 0.29) is 5.78 Å². The van der Waals surface area contributed by atoms with Crippen molar-refractivity contribution in [1.29, 1.82) is 0 Å². The van der Waals surface area contributed by atoms with Crippen molar-refractivity contribution in [3.05, 3.63) is 53.5 Å². The van der Waals surface area contributed by atoms with Gasteiger partial charge in [-0.15, -0.1) is 0 Å². The van der Waals surface area contributed by atoms with Gasteiger partial charge in [0, 0.05) is 19.0 Å². The van der Waals surface area contributed by atoms with E-state index >= 15 is 0 Å². The maximum Gasteiger partial charge on any atom is 0.227 e. The fraction of sp³-hybridized carbons (Fsp3) is 0.294. The highest BCUT2D eigenvalue weighted by atomic mass is 16.1. The largest absolute Gasteiger partial charge is 0.357 e. The average Bonchev–Trinajstić information content (AvgIpc) is 3.03. The molecule has 0 atom stereocenters. The van der Waals surface area contributed by atoms with Crippen molar-refractivity contribution >= 4 is 17.4 Å². The molecule has 2 heterocycles. The van der Waals surface area contributed by atoms with Crippen molar-refractivity contribution in [2.24, 2.45) is 0 Å². The minimum absolute atomic E-state index is 0.0807. The third-order valence-electron chi connectivity index (χ3n) is 3.67. The molecule has 3 rings (SSSR count). The monoisotopic (exact) mass is 309 g/mol. The van der Waals surface area contributed by atoms with Crippen LogP contribution in [0.1, 0.15) is 41.5 Å². The molecule has 0 aliphatic rings. The normalized spacial score (nSPS) is 10.9. The number of unbranched alkanes of at least 4 members (excludes halogenated alkanes) is 1. The summed E-state index contributed by atoms with van der Waals surface area (Å²) in [5.74, 6) is 1.24. The van der Waals surface area contributed by atoms with E-state index in [0.29, 0.717) is 22.7 Å².